The summed E-state index contributed by atoms with van der Waals surface area (Å²) in [5.74, 6) is 0.929. The van der Waals surface area contributed by atoms with E-state index in [0.29, 0.717) is 6.04 Å². The van der Waals surface area contributed by atoms with Crippen molar-refractivity contribution < 1.29 is 4.74 Å². The largest absolute Gasteiger partial charge is 0.484 e. The Balaban J connectivity index is 1.93. The molecule has 0 fully saturated rings. The molecule has 0 N–H and O–H groups in total. The Hall–Kier alpha value is -1.57. The van der Waals surface area contributed by atoms with E-state index in [1.165, 1.54) is 31.2 Å². The molecule has 102 valence electrons. The molecule has 2 heteroatoms. The van der Waals surface area contributed by atoms with Gasteiger partial charge in [-0.25, -0.2) is 0 Å². The van der Waals surface area contributed by atoms with E-state index < -0.39 is 0 Å². The average molecular weight is 257 g/mol. The third-order valence-electron chi connectivity index (χ3n) is 3.51. The Morgan fingerprint density at radius 2 is 2.05 bits per heavy atom. The van der Waals surface area contributed by atoms with Crippen LogP contribution in [0.4, 0.5) is 0 Å². The first-order valence-electron chi connectivity index (χ1n) is 7.21. The highest BCUT2D eigenvalue weighted by Gasteiger charge is 2.11. The van der Waals surface area contributed by atoms with Gasteiger partial charge in [-0.2, -0.15) is 0 Å². The third-order valence-corrected chi connectivity index (χ3v) is 3.51. The van der Waals surface area contributed by atoms with E-state index >= 15 is 0 Å². The van der Waals surface area contributed by atoms with Crippen molar-refractivity contribution in [2.75, 3.05) is 7.11 Å². The molecule has 0 saturated heterocycles. The number of nitrogens with zero attached hydrogens (tertiary/aromatic N) is 1. The van der Waals surface area contributed by atoms with Crippen molar-refractivity contribution in [3.8, 4) is 0 Å². The highest BCUT2D eigenvalue weighted by molar-refractivity contribution is 5.76. The van der Waals surface area contributed by atoms with Crippen LogP contribution in [-0.4, -0.2) is 19.0 Å². The second-order valence-electron chi connectivity index (χ2n) is 5.03. The summed E-state index contributed by atoms with van der Waals surface area (Å²) in [6.45, 7) is 0. The SMILES string of the molecule is COC1=NC(C/C=C/c2ccccc2)CCCCC1. The summed E-state index contributed by atoms with van der Waals surface area (Å²) in [5, 5.41) is 0. The lowest BCUT2D eigenvalue weighted by Gasteiger charge is -2.16. The predicted octanol–water partition coefficient (Wildman–Crippen LogP) is 4.47. The molecule has 1 aromatic carbocycles. The van der Waals surface area contributed by atoms with Crippen molar-refractivity contribution in [1.82, 2.24) is 0 Å². The molecular formula is C17H23NO. The lowest BCUT2D eigenvalue weighted by Crippen LogP contribution is -2.13. The average Bonchev–Trinajstić information content (AvgIpc) is 2.42. The van der Waals surface area contributed by atoms with Crippen molar-refractivity contribution in [3.63, 3.8) is 0 Å². The van der Waals surface area contributed by atoms with Crippen LogP contribution in [0.5, 0.6) is 0 Å². The van der Waals surface area contributed by atoms with E-state index in [-0.39, 0.29) is 0 Å². The summed E-state index contributed by atoms with van der Waals surface area (Å²) >= 11 is 0. The minimum absolute atomic E-state index is 0.384. The van der Waals surface area contributed by atoms with E-state index in [1.54, 1.807) is 7.11 Å². The Morgan fingerprint density at radius 1 is 1.21 bits per heavy atom. The van der Waals surface area contributed by atoms with Crippen LogP contribution in [0.2, 0.25) is 0 Å². The molecule has 1 aliphatic heterocycles. The molecule has 0 radical (unpaired) electrons. The minimum atomic E-state index is 0.384. The molecule has 2 nitrogen and oxygen atoms in total. The van der Waals surface area contributed by atoms with Crippen LogP contribution in [0, 0.1) is 0 Å². The van der Waals surface area contributed by atoms with Crippen LogP contribution in [0.3, 0.4) is 0 Å². The molecule has 19 heavy (non-hydrogen) atoms. The standard InChI is InChI=1S/C17H23NO/c1-19-17-14-7-3-6-12-16(18-17)13-8-11-15-9-4-2-5-10-15/h2,4-5,8-11,16H,3,6-7,12-14H2,1H3/b11-8+,18-17?. The Kier molecular flexibility index (Phi) is 5.67. The maximum Gasteiger partial charge on any atom is 0.183 e. The Labute approximate surface area is 116 Å². The quantitative estimate of drug-likeness (QED) is 0.783. The number of hydrogen-bond donors (Lipinski definition) is 0. The first-order chi connectivity index (χ1) is 9.38. The second-order valence-corrected chi connectivity index (χ2v) is 5.03. The van der Waals surface area contributed by atoms with Crippen molar-refractivity contribution in [2.45, 2.75) is 44.6 Å². The zero-order valence-electron chi connectivity index (χ0n) is 11.7. The van der Waals surface area contributed by atoms with Crippen LogP contribution >= 0.6 is 0 Å². The van der Waals surface area contributed by atoms with Crippen LogP contribution in [0.25, 0.3) is 6.08 Å². The molecule has 0 bridgehead atoms. The van der Waals surface area contributed by atoms with Gasteiger partial charge in [0.2, 0.25) is 0 Å². The number of benzene rings is 1. The zero-order valence-corrected chi connectivity index (χ0v) is 11.7. The lowest BCUT2D eigenvalue weighted by atomic mass is 10.0. The van der Waals surface area contributed by atoms with Gasteiger partial charge in [0.25, 0.3) is 0 Å². The number of ether oxygens (including phenoxy) is 1. The second kappa shape index (κ2) is 7.78. The van der Waals surface area contributed by atoms with Crippen LogP contribution < -0.4 is 0 Å². The van der Waals surface area contributed by atoms with Gasteiger partial charge in [0.05, 0.1) is 13.2 Å². The van der Waals surface area contributed by atoms with Gasteiger partial charge in [-0.1, -0.05) is 55.3 Å². The molecule has 0 amide bonds. The fourth-order valence-corrected chi connectivity index (χ4v) is 2.42. The lowest BCUT2D eigenvalue weighted by molar-refractivity contribution is 0.372. The van der Waals surface area contributed by atoms with E-state index in [0.717, 1.165) is 18.7 Å². The van der Waals surface area contributed by atoms with E-state index in [1.807, 2.05) is 6.07 Å². The van der Waals surface area contributed by atoms with Crippen molar-refractivity contribution in [3.05, 3.63) is 42.0 Å². The molecule has 1 heterocycles. The Morgan fingerprint density at radius 3 is 2.84 bits per heavy atom. The molecule has 1 aliphatic rings. The maximum atomic E-state index is 5.35. The molecule has 0 aliphatic carbocycles. The van der Waals surface area contributed by atoms with Gasteiger partial charge < -0.3 is 4.74 Å². The minimum Gasteiger partial charge on any atom is -0.484 e. The Bertz CT molecular complexity index is 422. The van der Waals surface area contributed by atoms with Crippen molar-refractivity contribution in [2.24, 2.45) is 4.99 Å². The summed E-state index contributed by atoms with van der Waals surface area (Å²) in [6.07, 6.45) is 11.4. The highest BCUT2D eigenvalue weighted by Crippen LogP contribution is 2.17. The summed E-state index contributed by atoms with van der Waals surface area (Å²) in [6, 6.07) is 10.8. The summed E-state index contributed by atoms with van der Waals surface area (Å²) in [4.78, 5) is 4.73. The summed E-state index contributed by atoms with van der Waals surface area (Å²) in [5.41, 5.74) is 1.25. The fourth-order valence-electron chi connectivity index (χ4n) is 2.42. The van der Waals surface area contributed by atoms with Crippen LogP contribution in [0.1, 0.15) is 44.1 Å². The summed E-state index contributed by atoms with van der Waals surface area (Å²) < 4.78 is 5.35. The molecule has 1 aromatic rings. The van der Waals surface area contributed by atoms with Gasteiger partial charge in [-0.05, 0) is 24.8 Å². The van der Waals surface area contributed by atoms with Gasteiger partial charge in [-0.3, -0.25) is 4.99 Å². The fraction of sp³-hybridized carbons (Fsp3) is 0.471. The van der Waals surface area contributed by atoms with Gasteiger partial charge in [0, 0.05) is 6.42 Å². The monoisotopic (exact) mass is 257 g/mol. The highest BCUT2D eigenvalue weighted by atomic mass is 16.5. The first kappa shape index (κ1) is 13.9. The van der Waals surface area contributed by atoms with E-state index in [2.05, 4.69) is 36.4 Å². The molecule has 0 aromatic heterocycles. The van der Waals surface area contributed by atoms with Crippen molar-refractivity contribution >= 4 is 12.0 Å². The van der Waals surface area contributed by atoms with Gasteiger partial charge in [-0.15, -0.1) is 0 Å². The topological polar surface area (TPSA) is 21.6 Å². The van der Waals surface area contributed by atoms with Gasteiger partial charge in [0.1, 0.15) is 0 Å². The first-order valence-corrected chi connectivity index (χ1v) is 7.21. The molecule has 0 spiro atoms. The van der Waals surface area contributed by atoms with Crippen LogP contribution in [0.15, 0.2) is 41.4 Å². The molecule has 2 rings (SSSR count). The molecule has 1 atom stereocenters. The van der Waals surface area contributed by atoms with E-state index in [4.69, 9.17) is 9.73 Å². The number of hydrogen-bond acceptors (Lipinski definition) is 2. The number of rotatable bonds is 3. The molecule has 0 saturated carbocycles. The normalized spacial score (nSPS) is 20.7. The number of methoxy groups -OCH3 is 1. The van der Waals surface area contributed by atoms with Crippen LogP contribution in [-0.2, 0) is 4.74 Å². The smallest absolute Gasteiger partial charge is 0.183 e. The third kappa shape index (κ3) is 4.90. The zero-order chi connectivity index (χ0) is 13.3. The summed E-state index contributed by atoms with van der Waals surface area (Å²) in [7, 11) is 1.73. The van der Waals surface area contributed by atoms with Gasteiger partial charge >= 0.3 is 0 Å². The predicted molar refractivity (Wildman–Crippen MR) is 81.4 cm³/mol. The molecular weight excluding hydrogens is 234 g/mol. The van der Waals surface area contributed by atoms with Crippen molar-refractivity contribution in [1.29, 1.82) is 0 Å². The van der Waals surface area contributed by atoms with Gasteiger partial charge in [0.15, 0.2) is 5.90 Å². The molecule has 1 unspecified atom stereocenters. The number of aliphatic imine (C=N–C) groups is 1. The van der Waals surface area contributed by atoms with E-state index in [9.17, 15) is 0 Å². The maximum absolute atomic E-state index is 5.35.